The van der Waals surface area contributed by atoms with Crippen molar-refractivity contribution in [3.05, 3.63) is 0 Å². The van der Waals surface area contributed by atoms with Gasteiger partial charge in [-0.2, -0.15) is 0 Å². The third-order valence-electron chi connectivity index (χ3n) is 3.95. The maximum absolute atomic E-state index is 3.58. The Kier molecular flexibility index (Phi) is 4.04. The van der Waals surface area contributed by atoms with E-state index >= 15 is 0 Å². The smallest absolute Gasteiger partial charge is 0.0218 e. The zero-order chi connectivity index (χ0) is 10.7. The highest BCUT2D eigenvalue weighted by atomic mass is 15.2. The molecule has 0 radical (unpaired) electrons. The van der Waals surface area contributed by atoms with E-state index in [2.05, 4.69) is 24.1 Å². The molecule has 0 aromatic carbocycles. The van der Waals surface area contributed by atoms with E-state index in [9.17, 15) is 0 Å². The van der Waals surface area contributed by atoms with E-state index in [-0.39, 0.29) is 0 Å². The van der Waals surface area contributed by atoms with E-state index in [4.69, 9.17) is 0 Å². The summed E-state index contributed by atoms with van der Waals surface area (Å²) in [6, 6.07) is 1.48. The van der Waals surface area contributed by atoms with Crippen molar-refractivity contribution in [2.24, 2.45) is 5.92 Å². The van der Waals surface area contributed by atoms with Crippen LogP contribution in [0.4, 0.5) is 0 Å². The van der Waals surface area contributed by atoms with Crippen molar-refractivity contribution in [1.29, 1.82) is 0 Å². The minimum Gasteiger partial charge on any atom is -0.311 e. The minimum absolute atomic E-state index is 0.689. The van der Waals surface area contributed by atoms with Crippen LogP contribution in [0.1, 0.15) is 46.0 Å². The Bertz CT molecular complexity index is 189. The molecule has 2 fully saturated rings. The predicted molar refractivity (Wildman–Crippen MR) is 65.1 cm³/mol. The van der Waals surface area contributed by atoms with Gasteiger partial charge in [0.1, 0.15) is 0 Å². The molecule has 0 amide bonds. The van der Waals surface area contributed by atoms with Crippen molar-refractivity contribution >= 4 is 0 Å². The van der Waals surface area contributed by atoms with Gasteiger partial charge in [0.25, 0.3) is 0 Å². The SMILES string of the molecule is CCC1CNC(C)CN1CCCC1CC1. The standard InChI is InChI=1S/C13H26N2/c1-3-13-9-14-11(2)10-15(13)8-4-5-12-6-7-12/h11-14H,3-10H2,1-2H3. The van der Waals surface area contributed by atoms with Crippen LogP contribution in [0.5, 0.6) is 0 Å². The molecule has 0 bridgehead atoms. The van der Waals surface area contributed by atoms with E-state index in [1.165, 1.54) is 51.7 Å². The molecule has 1 heterocycles. The van der Waals surface area contributed by atoms with Crippen molar-refractivity contribution in [1.82, 2.24) is 10.2 Å². The molecule has 0 aromatic heterocycles. The Labute approximate surface area is 94.4 Å². The predicted octanol–water partition coefficient (Wildman–Crippen LogP) is 2.25. The van der Waals surface area contributed by atoms with Crippen LogP contribution in [0, 0.1) is 5.92 Å². The second-order valence-electron chi connectivity index (χ2n) is 5.45. The van der Waals surface area contributed by atoms with Crippen molar-refractivity contribution in [3.63, 3.8) is 0 Å². The van der Waals surface area contributed by atoms with Gasteiger partial charge in [-0.15, -0.1) is 0 Å². The Balaban J connectivity index is 1.70. The Morgan fingerprint density at radius 3 is 2.80 bits per heavy atom. The third kappa shape index (κ3) is 3.46. The van der Waals surface area contributed by atoms with Gasteiger partial charge in [-0.05, 0) is 38.6 Å². The van der Waals surface area contributed by atoms with Gasteiger partial charge in [-0.3, -0.25) is 4.90 Å². The van der Waals surface area contributed by atoms with Crippen LogP contribution in [0.15, 0.2) is 0 Å². The van der Waals surface area contributed by atoms with E-state index in [0.717, 1.165) is 12.0 Å². The van der Waals surface area contributed by atoms with E-state index in [1.807, 2.05) is 0 Å². The molecule has 1 aliphatic carbocycles. The Hall–Kier alpha value is -0.0800. The number of piperazine rings is 1. The molecule has 88 valence electrons. The molecular formula is C13H26N2. The summed E-state index contributed by atoms with van der Waals surface area (Å²) in [6.07, 6.45) is 7.22. The van der Waals surface area contributed by atoms with Gasteiger partial charge in [0, 0.05) is 25.2 Å². The molecule has 2 heteroatoms. The molecule has 1 saturated carbocycles. The van der Waals surface area contributed by atoms with Crippen molar-refractivity contribution in [2.75, 3.05) is 19.6 Å². The fraction of sp³-hybridized carbons (Fsp3) is 1.00. The van der Waals surface area contributed by atoms with Crippen molar-refractivity contribution < 1.29 is 0 Å². The number of rotatable bonds is 5. The van der Waals surface area contributed by atoms with Crippen LogP contribution in [-0.2, 0) is 0 Å². The van der Waals surface area contributed by atoms with Crippen molar-refractivity contribution in [2.45, 2.75) is 58.0 Å². The number of hydrogen-bond donors (Lipinski definition) is 1. The zero-order valence-corrected chi connectivity index (χ0v) is 10.3. The fourth-order valence-electron chi connectivity index (χ4n) is 2.70. The summed E-state index contributed by atoms with van der Waals surface area (Å²) in [4.78, 5) is 2.71. The second-order valence-corrected chi connectivity index (χ2v) is 5.45. The molecule has 1 N–H and O–H groups in total. The first-order chi connectivity index (χ1) is 7.29. The molecule has 2 atom stereocenters. The molecule has 1 aliphatic heterocycles. The maximum Gasteiger partial charge on any atom is 0.0218 e. The summed E-state index contributed by atoms with van der Waals surface area (Å²) in [5.41, 5.74) is 0. The first-order valence-electron chi connectivity index (χ1n) is 6.77. The highest BCUT2D eigenvalue weighted by Crippen LogP contribution is 2.33. The van der Waals surface area contributed by atoms with Gasteiger partial charge in [-0.1, -0.05) is 19.8 Å². The first kappa shape index (κ1) is 11.4. The summed E-state index contributed by atoms with van der Waals surface area (Å²) in [7, 11) is 0. The minimum atomic E-state index is 0.689. The summed E-state index contributed by atoms with van der Waals surface area (Å²) in [5.74, 6) is 1.10. The molecule has 15 heavy (non-hydrogen) atoms. The molecule has 0 spiro atoms. The fourth-order valence-corrected chi connectivity index (χ4v) is 2.70. The van der Waals surface area contributed by atoms with Crippen LogP contribution in [0.3, 0.4) is 0 Å². The van der Waals surface area contributed by atoms with Crippen LogP contribution in [0.25, 0.3) is 0 Å². The van der Waals surface area contributed by atoms with E-state index in [0.29, 0.717) is 6.04 Å². The van der Waals surface area contributed by atoms with Crippen LogP contribution >= 0.6 is 0 Å². The molecule has 2 nitrogen and oxygen atoms in total. The van der Waals surface area contributed by atoms with Gasteiger partial charge in [0.2, 0.25) is 0 Å². The Morgan fingerprint density at radius 1 is 1.33 bits per heavy atom. The van der Waals surface area contributed by atoms with Crippen LogP contribution in [0.2, 0.25) is 0 Å². The first-order valence-corrected chi connectivity index (χ1v) is 6.77. The highest BCUT2D eigenvalue weighted by Gasteiger charge is 2.25. The molecule has 0 aromatic rings. The molecule has 2 aliphatic rings. The van der Waals surface area contributed by atoms with Crippen molar-refractivity contribution in [3.8, 4) is 0 Å². The Morgan fingerprint density at radius 2 is 2.13 bits per heavy atom. The largest absolute Gasteiger partial charge is 0.311 e. The lowest BCUT2D eigenvalue weighted by Gasteiger charge is -2.39. The van der Waals surface area contributed by atoms with Crippen LogP contribution < -0.4 is 5.32 Å². The topological polar surface area (TPSA) is 15.3 Å². The van der Waals surface area contributed by atoms with E-state index in [1.54, 1.807) is 0 Å². The second kappa shape index (κ2) is 5.31. The van der Waals surface area contributed by atoms with Crippen LogP contribution in [-0.4, -0.2) is 36.6 Å². The van der Waals surface area contributed by atoms with Gasteiger partial charge in [0.05, 0.1) is 0 Å². The number of nitrogens with zero attached hydrogens (tertiary/aromatic N) is 1. The van der Waals surface area contributed by atoms with E-state index < -0.39 is 0 Å². The maximum atomic E-state index is 3.58. The number of hydrogen-bond acceptors (Lipinski definition) is 2. The molecule has 1 saturated heterocycles. The van der Waals surface area contributed by atoms with Gasteiger partial charge < -0.3 is 5.32 Å². The number of nitrogens with one attached hydrogen (secondary N) is 1. The lowest BCUT2D eigenvalue weighted by molar-refractivity contribution is 0.129. The van der Waals surface area contributed by atoms with Gasteiger partial charge >= 0.3 is 0 Å². The zero-order valence-electron chi connectivity index (χ0n) is 10.3. The monoisotopic (exact) mass is 210 g/mol. The lowest BCUT2D eigenvalue weighted by atomic mass is 10.1. The summed E-state index contributed by atoms with van der Waals surface area (Å²) < 4.78 is 0. The summed E-state index contributed by atoms with van der Waals surface area (Å²) in [5, 5.41) is 3.58. The molecular weight excluding hydrogens is 184 g/mol. The molecule has 2 unspecified atom stereocenters. The normalized spacial score (nSPS) is 33.2. The lowest BCUT2D eigenvalue weighted by Crippen LogP contribution is -2.55. The average Bonchev–Trinajstić information content (AvgIpc) is 3.02. The molecule has 2 rings (SSSR count). The van der Waals surface area contributed by atoms with Gasteiger partial charge in [0.15, 0.2) is 0 Å². The highest BCUT2D eigenvalue weighted by molar-refractivity contribution is 4.83. The average molecular weight is 210 g/mol. The summed E-state index contributed by atoms with van der Waals surface area (Å²) in [6.45, 7) is 8.40. The third-order valence-corrected chi connectivity index (χ3v) is 3.95. The van der Waals surface area contributed by atoms with Gasteiger partial charge in [-0.25, -0.2) is 0 Å². The quantitative estimate of drug-likeness (QED) is 0.749. The summed E-state index contributed by atoms with van der Waals surface area (Å²) >= 11 is 0.